The topological polar surface area (TPSA) is 66.0 Å². The zero-order valence-corrected chi connectivity index (χ0v) is 14.8. The lowest BCUT2D eigenvalue weighted by Gasteiger charge is -2.08. The second-order valence-electron chi connectivity index (χ2n) is 5.55. The summed E-state index contributed by atoms with van der Waals surface area (Å²) in [6.45, 7) is 0.460. The Labute approximate surface area is 153 Å². The molecule has 0 fully saturated rings. The van der Waals surface area contributed by atoms with Crippen molar-refractivity contribution in [2.24, 2.45) is 0 Å². The lowest BCUT2D eigenvalue weighted by Crippen LogP contribution is -2.02. The normalized spacial score (nSPS) is 10.9. The molecule has 0 aliphatic heterocycles. The molecule has 0 aliphatic rings. The highest BCUT2D eigenvalue weighted by Crippen LogP contribution is 2.25. The molecule has 2 heterocycles. The summed E-state index contributed by atoms with van der Waals surface area (Å²) in [6.07, 6.45) is 0. The molecule has 4 rings (SSSR count). The van der Waals surface area contributed by atoms with Crippen LogP contribution in [0.25, 0.3) is 16.9 Å². The van der Waals surface area contributed by atoms with Gasteiger partial charge in [0.15, 0.2) is 5.65 Å². The second-order valence-corrected chi connectivity index (χ2v) is 6.46. The average molecular weight is 395 g/mol. The number of imidazole rings is 1. The number of benzene rings is 2. The van der Waals surface area contributed by atoms with Gasteiger partial charge >= 0.3 is 0 Å². The van der Waals surface area contributed by atoms with E-state index in [-0.39, 0.29) is 0 Å². The van der Waals surface area contributed by atoms with E-state index in [9.17, 15) is 0 Å². The van der Waals surface area contributed by atoms with Gasteiger partial charge in [-0.05, 0) is 35.9 Å². The van der Waals surface area contributed by atoms with Crippen LogP contribution in [0.1, 0.15) is 5.56 Å². The quantitative estimate of drug-likeness (QED) is 0.558. The Kier molecular flexibility index (Phi) is 4.11. The first-order valence-corrected chi connectivity index (χ1v) is 8.57. The average Bonchev–Trinajstić information content (AvgIpc) is 2.97. The molecule has 124 valence electrons. The summed E-state index contributed by atoms with van der Waals surface area (Å²) >= 11 is 3.44. The van der Waals surface area contributed by atoms with Crippen molar-refractivity contribution in [3.05, 3.63) is 76.8 Å². The molecule has 5 nitrogen and oxygen atoms in total. The molecule has 0 saturated carbocycles. The van der Waals surface area contributed by atoms with Gasteiger partial charge < -0.3 is 10.5 Å². The zero-order chi connectivity index (χ0) is 17.2. The van der Waals surface area contributed by atoms with E-state index in [1.807, 2.05) is 71.3 Å². The first kappa shape index (κ1) is 15.7. The molecular weight excluding hydrogens is 380 g/mol. The van der Waals surface area contributed by atoms with Gasteiger partial charge in [0, 0.05) is 10.5 Å². The molecule has 0 atom stereocenters. The third-order valence-corrected chi connectivity index (χ3v) is 4.35. The fraction of sp³-hybridized carbons (Fsp3) is 0.0526. The van der Waals surface area contributed by atoms with Crippen molar-refractivity contribution < 1.29 is 4.74 Å². The Morgan fingerprint density at radius 3 is 2.44 bits per heavy atom. The lowest BCUT2D eigenvalue weighted by molar-refractivity contribution is 0.295. The van der Waals surface area contributed by atoms with E-state index in [2.05, 4.69) is 25.9 Å². The van der Waals surface area contributed by atoms with Gasteiger partial charge in [0.25, 0.3) is 0 Å². The molecule has 0 amide bonds. The number of ether oxygens (including phenoxy) is 1. The Hall–Kier alpha value is -2.86. The van der Waals surface area contributed by atoms with Crippen LogP contribution < -0.4 is 10.5 Å². The molecular formula is C19H15BrN4O. The summed E-state index contributed by atoms with van der Waals surface area (Å²) in [6, 6.07) is 21.5. The van der Waals surface area contributed by atoms with Gasteiger partial charge in [-0.1, -0.05) is 46.3 Å². The maximum absolute atomic E-state index is 6.10. The number of nitrogens with zero attached hydrogens (tertiary/aromatic N) is 3. The number of pyridine rings is 1. The van der Waals surface area contributed by atoms with Crippen LogP contribution in [0.4, 0.5) is 5.95 Å². The van der Waals surface area contributed by atoms with Crippen molar-refractivity contribution in [2.45, 2.75) is 6.61 Å². The molecule has 0 aliphatic carbocycles. The summed E-state index contributed by atoms with van der Waals surface area (Å²) in [4.78, 5) is 8.98. The van der Waals surface area contributed by atoms with E-state index in [4.69, 9.17) is 10.5 Å². The zero-order valence-electron chi connectivity index (χ0n) is 13.3. The molecule has 2 aromatic carbocycles. The molecule has 2 aromatic heterocycles. The van der Waals surface area contributed by atoms with E-state index < -0.39 is 0 Å². The predicted octanol–water partition coefficient (Wildman–Crippen LogP) is 4.34. The van der Waals surface area contributed by atoms with Crippen molar-refractivity contribution in [2.75, 3.05) is 5.73 Å². The largest absolute Gasteiger partial charge is 0.473 e. The smallest absolute Gasteiger partial charge is 0.215 e. The lowest BCUT2D eigenvalue weighted by atomic mass is 10.2. The van der Waals surface area contributed by atoms with E-state index in [0.717, 1.165) is 21.2 Å². The highest BCUT2D eigenvalue weighted by Gasteiger charge is 2.12. The highest BCUT2D eigenvalue weighted by molar-refractivity contribution is 9.10. The Morgan fingerprint density at radius 2 is 1.68 bits per heavy atom. The number of nitrogens with two attached hydrogens (primary N) is 1. The predicted molar refractivity (Wildman–Crippen MR) is 102 cm³/mol. The number of rotatable bonds is 4. The number of hydrogen-bond acceptors (Lipinski definition) is 4. The number of anilines is 1. The standard InChI is InChI=1S/C19H15BrN4O/c20-14-6-8-15(9-7-14)24-18-16(22-19(24)21)10-11-17(23-18)25-12-13-4-2-1-3-5-13/h1-11H,12H2,(H2,21,22). The summed E-state index contributed by atoms with van der Waals surface area (Å²) in [5, 5.41) is 0. The van der Waals surface area contributed by atoms with E-state index in [1.54, 1.807) is 0 Å². The van der Waals surface area contributed by atoms with Gasteiger partial charge in [-0.15, -0.1) is 0 Å². The molecule has 0 bridgehead atoms. The first-order chi connectivity index (χ1) is 12.2. The van der Waals surface area contributed by atoms with Crippen molar-refractivity contribution >= 4 is 33.0 Å². The van der Waals surface area contributed by atoms with Crippen LogP contribution in [0.3, 0.4) is 0 Å². The molecule has 0 unspecified atom stereocenters. The minimum Gasteiger partial charge on any atom is -0.473 e. The van der Waals surface area contributed by atoms with Crippen molar-refractivity contribution in [1.29, 1.82) is 0 Å². The van der Waals surface area contributed by atoms with Gasteiger partial charge in [-0.25, -0.2) is 4.98 Å². The molecule has 4 aromatic rings. The minimum absolute atomic E-state index is 0.394. The minimum atomic E-state index is 0.394. The van der Waals surface area contributed by atoms with Crippen LogP contribution in [0.5, 0.6) is 5.88 Å². The van der Waals surface area contributed by atoms with Crippen LogP contribution in [-0.2, 0) is 6.61 Å². The molecule has 25 heavy (non-hydrogen) atoms. The van der Waals surface area contributed by atoms with E-state index >= 15 is 0 Å². The van der Waals surface area contributed by atoms with Crippen LogP contribution in [0.15, 0.2) is 71.2 Å². The van der Waals surface area contributed by atoms with Gasteiger partial charge in [-0.2, -0.15) is 4.98 Å². The third-order valence-electron chi connectivity index (χ3n) is 3.82. The van der Waals surface area contributed by atoms with Crippen LogP contribution in [0, 0.1) is 0 Å². The van der Waals surface area contributed by atoms with E-state index in [1.165, 1.54) is 0 Å². The van der Waals surface area contributed by atoms with Crippen molar-refractivity contribution in [3.8, 4) is 11.6 Å². The summed E-state index contributed by atoms with van der Waals surface area (Å²) in [5.41, 5.74) is 9.49. The summed E-state index contributed by atoms with van der Waals surface area (Å²) in [7, 11) is 0. The summed E-state index contributed by atoms with van der Waals surface area (Å²) < 4.78 is 8.63. The molecule has 6 heteroatoms. The number of fused-ring (bicyclic) bond motifs is 1. The monoisotopic (exact) mass is 394 g/mol. The van der Waals surface area contributed by atoms with Crippen molar-refractivity contribution in [1.82, 2.24) is 14.5 Å². The number of nitrogen functional groups attached to an aromatic ring is 1. The fourth-order valence-corrected chi connectivity index (χ4v) is 2.88. The molecule has 0 spiro atoms. The van der Waals surface area contributed by atoms with Crippen LogP contribution in [-0.4, -0.2) is 14.5 Å². The first-order valence-electron chi connectivity index (χ1n) is 7.78. The molecule has 0 saturated heterocycles. The molecule has 0 radical (unpaired) electrons. The summed E-state index contributed by atoms with van der Waals surface area (Å²) in [5.74, 6) is 0.930. The number of aromatic nitrogens is 3. The van der Waals surface area contributed by atoms with Crippen molar-refractivity contribution in [3.63, 3.8) is 0 Å². The third kappa shape index (κ3) is 3.21. The SMILES string of the molecule is Nc1nc2ccc(OCc3ccccc3)nc2n1-c1ccc(Br)cc1. The Bertz CT molecular complexity index is 1010. The van der Waals surface area contributed by atoms with Crippen LogP contribution >= 0.6 is 15.9 Å². The number of halogens is 1. The second kappa shape index (κ2) is 6.57. The van der Waals surface area contributed by atoms with Gasteiger partial charge in [0.1, 0.15) is 12.1 Å². The Balaban J connectivity index is 1.69. The van der Waals surface area contributed by atoms with E-state index in [0.29, 0.717) is 24.1 Å². The Morgan fingerprint density at radius 1 is 0.920 bits per heavy atom. The van der Waals surface area contributed by atoms with Gasteiger partial charge in [0.05, 0.1) is 5.69 Å². The van der Waals surface area contributed by atoms with Gasteiger partial charge in [0.2, 0.25) is 11.8 Å². The van der Waals surface area contributed by atoms with Crippen LogP contribution in [0.2, 0.25) is 0 Å². The molecule has 2 N–H and O–H groups in total. The maximum Gasteiger partial charge on any atom is 0.215 e. The number of hydrogen-bond donors (Lipinski definition) is 1. The fourth-order valence-electron chi connectivity index (χ4n) is 2.61. The highest BCUT2D eigenvalue weighted by atomic mass is 79.9. The van der Waals surface area contributed by atoms with Gasteiger partial charge in [-0.3, -0.25) is 4.57 Å². The maximum atomic E-state index is 6.10.